The maximum absolute atomic E-state index is 12.6. The number of hydrogen-bond acceptors (Lipinski definition) is 9. The number of allylic oxidation sites excluding steroid dienone is 9. The predicted octanol–water partition coefficient (Wildman–Crippen LogP) is 6.79. The van der Waals surface area contributed by atoms with Gasteiger partial charge in [0.05, 0.1) is 26.4 Å². The van der Waals surface area contributed by atoms with Crippen molar-refractivity contribution in [1.29, 1.82) is 0 Å². The maximum Gasteiger partial charge on any atom is 0.306 e. The Morgan fingerprint density at radius 3 is 1.79 bits per heavy atom. The number of hydrogen-bond donors (Lipinski definition) is 4. The van der Waals surface area contributed by atoms with Gasteiger partial charge in [0.25, 0.3) is 0 Å². The highest BCUT2D eigenvalue weighted by atomic mass is 16.7. The standard InChI is InChI=1S/C39H66O9/c1-3-5-7-9-11-13-14-15-16-17-18-19-21-23-25-27-29-45-31-33(32-46-39-38(44)37(43)36(42)34(30-40)48-39)47-35(41)28-26-24-22-20-12-10-8-6-4-2/h5,7,11,13,15-16,18-19,23,25,33-34,36-40,42-44H,3-4,6,8-10,12,14,17,20-22,24,26-32H2,1-2H3/b7-5-,13-11-,16-15-,19-18-,25-23-. The zero-order chi connectivity index (χ0) is 35.1. The van der Waals surface area contributed by atoms with Gasteiger partial charge in [0.1, 0.15) is 30.5 Å². The summed E-state index contributed by atoms with van der Waals surface area (Å²) in [5, 5.41) is 39.8. The van der Waals surface area contributed by atoms with Crippen molar-refractivity contribution in [2.75, 3.05) is 26.4 Å². The highest BCUT2D eigenvalue weighted by molar-refractivity contribution is 5.69. The molecule has 0 aromatic carbocycles. The molecule has 9 nitrogen and oxygen atoms in total. The predicted molar refractivity (Wildman–Crippen MR) is 191 cm³/mol. The van der Waals surface area contributed by atoms with Crippen molar-refractivity contribution in [2.45, 2.75) is 153 Å². The van der Waals surface area contributed by atoms with Crippen LogP contribution in [-0.4, -0.2) is 89.6 Å². The summed E-state index contributed by atoms with van der Waals surface area (Å²) < 4.78 is 22.5. The highest BCUT2D eigenvalue weighted by Gasteiger charge is 2.44. The third-order valence-corrected chi connectivity index (χ3v) is 7.97. The van der Waals surface area contributed by atoms with Crippen LogP contribution in [0.5, 0.6) is 0 Å². The zero-order valence-corrected chi connectivity index (χ0v) is 29.7. The van der Waals surface area contributed by atoms with E-state index in [2.05, 4.69) is 68.5 Å². The summed E-state index contributed by atoms with van der Waals surface area (Å²) in [5.41, 5.74) is 0. The van der Waals surface area contributed by atoms with Gasteiger partial charge in [-0.05, 0) is 44.9 Å². The van der Waals surface area contributed by atoms with Gasteiger partial charge in [-0.1, -0.05) is 126 Å². The molecule has 1 aliphatic heterocycles. The first kappa shape index (κ1) is 43.9. The lowest BCUT2D eigenvalue weighted by Crippen LogP contribution is -2.59. The highest BCUT2D eigenvalue weighted by Crippen LogP contribution is 2.22. The average molecular weight is 679 g/mol. The van der Waals surface area contributed by atoms with E-state index in [0.29, 0.717) is 19.4 Å². The second-order valence-electron chi connectivity index (χ2n) is 12.3. The van der Waals surface area contributed by atoms with Crippen LogP contribution in [0, 0.1) is 0 Å². The fourth-order valence-corrected chi connectivity index (χ4v) is 5.08. The number of carbonyl (C=O) groups is 1. The first-order valence-corrected chi connectivity index (χ1v) is 18.4. The molecule has 1 aliphatic rings. The second-order valence-corrected chi connectivity index (χ2v) is 12.3. The van der Waals surface area contributed by atoms with Crippen LogP contribution in [-0.2, 0) is 23.7 Å². The summed E-state index contributed by atoms with van der Waals surface area (Å²) in [6.07, 6.45) is 29.9. The van der Waals surface area contributed by atoms with Crippen molar-refractivity contribution in [3.63, 3.8) is 0 Å². The molecule has 6 atom stereocenters. The van der Waals surface area contributed by atoms with Crippen LogP contribution in [0.3, 0.4) is 0 Å². The molecule has 0 saturated carbocycles. The molecule has 0 aromatic rings. The quantitative estimate of drug-likeness (QED) is 0.0383. The fourth-order valence-electron chi connectivity index (χ4n) is 5.08. The SMILES string of the molecule is CC/C=C\C/C=C\C/C=C\C/C=C\C/C=C\CCOCC(COC1OC(CO)C(O)C(O)C1O)OC(=O)CCCCCCCCCCC. The average Bonchev–Trinajstić information content (AvgIpc) is 3.08. The van der Waals surface area contributed by atoms with E-state index in [0.717, 1.165) is 51.4 Å². The Morgan fingerprint density at radius 2 is 1.23 bits per heavy atom. The second kappa shape index (κ2) is 30.9. The van der Waals surface area contributed by atoms with Gasteiger partial charge in [0.15, 0.2) is 6.29 Å². The largest absolute Gasteiger partial charge is 0.457 e. The Balaban J connectivity index is 2.41. The van der Waals surface area contributed by atoms with Gasteiger partial charge >= 0.3 is 5.97 Å². The van der Waals surface area contributed by atoms with Crippen LogP contribution in [0.15, 0.2) is 60.8 Å². The van der Waals surface area contributed by atoms with Crippen molar-refractivity contribution >= 4 is 5.97 Å². The normalized spacial score (nSPS) is 22.7. The van der Waals surface area contributed by atoms with Gasteiger partial charge in [-0.25, -0.2) is 0 Å². The smallest absolute Gasteiger partial charge is 0.306 e. The van der Waals surface area contributed by atoms with Crippen LogP contribution in [0.1, 0.15) is 117 Å². The number of unbranched alkanes of at least 4 members (excludes halogenated alkanes) is 8. The molecule has 48 heavy (non-hydrogen) atoms. The lowest BCUT2D eigenvalue weighted by Gasteiger charge is -2.39. The van der Waals surface area contributed by atoms with Crippen LogP contribution in [0.4, 0.5) is 0 Å². The molecule has 1 saturated heterocycles. The summed E-state index contributed by atoms with van der Waals surface area (Å²) in [6.45, 7) is 4.17. The molecule has 9 heteroatoms. The van der Waals surface area contributed by atoms with E-state index < -0.39 is 43.4 Å². The molecular formula is C39H66O9. The van der Waals surface area contributed by atoms with Crippen LogP contribution in [0.25, 0.3) is 0 Å². The number of ether oxygens (including phenoxy) is 4. The summed E-state index contributed by atoms with van der Waals surface area (Å²) in [6, 6.07) is 0. The molecule has 1 heterocycles. The molecule has 0 aliphatic carbocycles. The first-order chi connectivity index (χ1) is 23.4. The summed E-state index contributed by atoms with van der Waals surface area (Å²) in [4.78, 5) is 12.6. The van der Waals surface area contributed by atoms with Gasteiger partial charge in [-0.3, -0.25) is 4.79 Å². The van der Waals surface area contributed by atoms with E-state index in [-0.39, 0.29) is 19.2 Å². The van der Waals surface area contributed by atoms with E-state index >= 15 is 0 Å². The molecular weight excluding hydrogens is 612 g/mol. The van der Waals surface area contributed by atoms with Crippen LogP contribution >= 0.6 is 0 Å². The van der Waals surface area contributed by atoms with E-state index in [1.807, 2.05) is 6.08 Å². The minimum Gasteiger partial charge on any atom is -0.457 e. The Labute approximate surface area is 290 Å². The van der Waals surface area contributed by atoms with Gasteiger partial charge in [-0.2, -0.15) is 0 Å². The molecule has 6 unspecified atom stereocenters. The summed E-state index contributed by atoms with van der Waals surface area (Å²) in [5.74, 6) is -0.346. The molecule has 0 radical (unpaired) electrons. The van der Waals surface area contributed by atoms with Gasteiger partial charge in [-0.15, -0.1) is 0 Å². The summed E-state index contributed by atoms with van der Waals surface area (Å²) >= 11 is 0. The lowest BCUT2D eigenvalue weighted by molar-refractivity contribution is -0.305. The molecule has 0 aromatic heterocycles. The van der Waals surface area contributed by atoms with Gasteiger partial charge < -0.3 is 39.4 Å². The van der Waals surface area contributed by atoms with Crippen molar-refractivity contribution < 1.29 is 44.2 Å². The fraction of sp³-hybridized carbons (Fsp3) is 0.718. The molecule has 276 valence electrons. The number of carbonyl (C=O) groups excluding carboxylic acids is 1. The molecule has 0 spiro atoms. The van der Waals surface area contributed by atoms with E-state index in [4.69, 9.17) is 18.9 Å². The maximum atomic E-state index is 12.6. The van der Waals surface area contributed by atoms with Crippen molar-refractivity contribution in [1.82, 2.24) is 0 Å². The Hall–Kier alpha value is -2.11. The monoisotopic (exact) mass is 678 g/mol. The topological polar surface area (TPSA) is 135 Å². The van der Waals surface area contributed by atoms with Crippen LogP contribution < -0.4 is 0 Å². The van der Waals surface area contributed by atoms with E-state index in [1.54, 1.807) is 0 Å². The first-order valence-electron chi connectivity index (χ1n) is 18.4. The van der Waals surface area contributed by atoms with E-state index in [1.165, 1.54) is 38.5 Å². The van der Waals surface area contributed by atoms with Gasteiger partial charge in [0, 0.05) is 6.42 Å². The third-order valence-electron chi connectivity index (χ3n) is 7.97. The Morgan fingerprint density at radius 1 is 0.688 bits per heavy atom. The number of esters is 1. The number of rotatable bonds is 29. The molecule has 4 N–H and O–H groups in total. The Kier molecular flexibility index (Phi) is 28.3. The summed E-state index contributed by atoms with van der Waals surface area (Å²) in [7, 11) is 0. The molecule has 1 fully saturated rings. The molecule has 0 bridgehead atoms. The Bertz CT molecular complexity index is 911. The van der Waals surface area contributed by atoms with Gasteiger partial charge in [0.2, 0.25) is 0 Å². The number of aliphatic hydroxyl groups is 4. The number of aliphatic hydroxyl groups excluding tert-OH is 4. The zero-order valence-electron chi connectivity index (χ0n) is 29.7. The lowest BCUT2D eigenvalue weighted by atomic mass is 9.99. The molecule has 0 amide bonds. The van der Waals surface area contributed by atoms with Crippen molar-refractivity contribution in [3.8, 4) is 0 Å². The van der Waals surface area contributed by atoms with Crippen LogP contribution in [0.2, 0.25) is 0 Å². The van der Waals surface area contributed by atoms with E-state index in [9.17, 15) is 25.2 Å². The third kappa shape index (κ3) is 22.5. The minimum absolute atomic E-state index is 0.0889. The minimum atomic E-state index is -1.55. The molecule has 1 rings (SSSR count). The van der Waals surface area contributed by atoms with Crippen molar-refractivity contribution in [3.05, 3.63) is 60.8 Å². The van der Waals surface area contributed by atoms with Crippen molar-refractivity contribution in [2.24, 2.45) is 0 Å².